The van der Waals surface area contributed by atoms with E-state index in [0.29, 0.717) is 12.5 Å². The lowest BCUT2D eigenvalue weighted by Gasteiger charge is -2.16. The Morgan fingerprint density at radius 2 is 2.50 bits per heavy atom. The van der Waals surface area contributed by atoms with Gasteiger partial charge in [0.2, 0.25) is 5.91 Å². The molecule has 1 atom stereocenters. The molecular weight excluding hydrogens is 206 g/mol. The number of carbonyl (C=O) groups is 1. The van der Waals surface area contributed by atoms with E-state index in [2.05, 4.69) is 15.4 Å². The number of aromatic nitrogens is 3. The molecule has 2 heterocycles. The second-order valence-corrected chi connectivity index (χ2v) is 4.15. The lowest BCUT2D eigenvalue weighted by molar-refractivity contribution is -0.131. The molecule has 0 bridgehead atoms. The Kier molecular flexibility index (Phi) is 3.51. The fraction of sp³-hybridized carbons (Fsp3) is 0.700. The van der Waals surface area contributed by atoms with Crippen LogP contribution in [-0.2, 0) is 11.3 Å². The molecule has 1 unspecified atom stereocenters. The van der Waals surface area contributed by atoms with Gasteiger partial charge in [-0.15, -0.1) is 0 Å². The monoisotopic (exact) mass is 223 g/mol. The summed E-state index contributed by atoms with van der Waals surface area (Å²) >= 11 is 0. The van der Waals surface area contributed by atoms with E-state index in [4.69, 9.17) is 0 Å². The van der Waals surface area contributed by atoms with Crippen LogP contribution in [0.4, 0.5) is 0 Å². The van der Waals surface area contributed by atoms with Crippen LogP contribution in [0, 0.1) is 5.92 Å². The number of hydrogen-bond donors (Lipinski definition) is 1. The summed E-state index contributed by atoms with van der Waals surface area (Å²) in [5.74, 6) is 0.716. The Morgan fingerprint density at radius 3 is 3.19 bits per heavy atom. The minimum Gasteiger partial charge on any atom is -0.341 e. The molecule has 0 saturated carbocycles. The van der Waals surface area contributed by atoms with Crippen LogP contribution in [0.5, 0.6) is 0 Å². The quantitative estimate of drug-likeness (QED) is 0.736. The molecule has 1 aromatic rings. The molecule has 0 aliphatic carbocycles. The van der Waals surface area contributed by atoms with Crippen molar-refractivity contribution in [1.29, 1.82) is 0 Å². The van der Waals surface area contributed by atoms with Crippen molar-refractivity contribution in [3.8, 4) is 0 Å². The number of carbonyl (C=O) groups excluding carboxylic acids is 1. The standard InChI is InChI=1S/C10H17N5O/c1-11-4-9-2-3-14(5-9)10(16)6-15-8-12-7-13-15/h7-9,11H,2-6H2,1H3. The molecule has 6 nitrogen and oxygen atoms in total. The van der Waals surface area contributed by atoms with E-state index in [1.54, 1.807) is 11.0 Å². The van der Waals surface area contributed by atoms with Crippen molar-refractivity contribution in [2.75, 3.05) is 26.7 Å². The average Bonchev–Trinajstić information content (AvgIpc) is 2.89. The molecular formula is C10H17N5O. The molecule has 0 spiro atoms. The van der Waals surface area contributed by atoms with Gasteiger partial charge in [-0.05, 0) is 25.9 Å². The van der Waals surface area contributed by atoms with Crippen molar-refractivity contribution in [2.45, 2.75) is 13.0 Å². The zero-order chi connectivity index (χ0) is 11.4. The van der Waals surface area contributed by atoms with Gasteiger partial charge in [0.05, 0.1) is 0 Å². The minimum absolute atomic E-state index is 0.129. The molecule has 1 aliphatic rings. The van der Waals surface area contributed by atoms with E-state index in [9.17, 15) is 4.79 Å². The molecule has 16 heavy (non-hydrogen) atoms. The second-order valence-electron chi connectivity index (χ2n) is 4.15. The average molecular weight is 223 g/mol. The van der Waals surface area contributed by atoms with Gasteiger partial charge in [-0.1, -0.05) is 0 Å². The van der Waals surface area contributed by atoms with Crippen molar-refractivity contribution in [2.24, 2.45) is 5.92 Å². The predicted octanol–water partition coefficient (Wildman–Crippen LogP) is -0.654. The fourth-order valence-corrected chi connectivity index (χ4v) is 2.07. The highest BCUT2D eigenvalue weighted by atomic mass is 16.2. The lowest BCUT2D eigenvalue weighted by Crippen LogP contribution is -2.33. The van der Waals surface area contributed by atoms with Gasteiger partial charge in [0.1, 0.15) is 19.2 Å². The van der Waals surface area contributed by atoms with Gasteiger partial charge in [0.15, 0.2) is 0 Å². The van der Waals surface area contributed by atoms with Crippen molar-refractivity contribution >= 4 is 5.91 Å². The van der Waals surface area contributed by atoms with Gasteiger partial charge in [0, 0.05) is 13.1 Å². The molecule has 1 fully saturated rings. The van der Waals surface area contributed by atoms with Crippen molar-refractivity contribution in [3.63, 3.8) is 0 Å². The van der Waals surface area contributed by atoms with Gasteiger partial charge in [-0.2, -0.15) is 5.10 Å². The van der Waals surface area contributed by atoms with E-state index in [1.165, 1.54) is 6.33 Å². The van der Waals surface area contributed by atoms with Crippen LogP contribution >= 0.6 is 0 Å². The van der Waals surface area contributed by atoms with Crippen LogP contribution in [0.1, 0.15) is 6.42 Å². The second kappa shape index (κ2) is 5.07. The first kappa shape index (κ1) is 11.1. The van der Waals surface area contributed by atoms with E-state index >= 15 is 0 Å². The van der Waals surface area contributed by atoms with Crippen molar-refractivity contribution < 1.29 is 4.79 Å². The summed E-state index contributed by atoms with van der Waals surface area (Å²) in [6.45, 7) is 2.99. The highest BCUT2D eigenvalue weighted by Crippen LogP contribution is 2.15. The SMILES string of the molecule is CNCC1CCN(C(=O)Cn2cncn2)C1. The van der Waals surface area contributed by atoms with Gasteiger partial charge in [0.25, 0.3) is 0 Å². The Labute approximate surface area is 94.6 Å². The first-order chi connectivity index (χ1) is 7.79. The van der Waals surface area contributed by atoms with Crippen molar-refractivity contribution in [1.82, 2.24) is 25.0 Å². The Bertz CT molecular complexity index is 337. The molecule has 1 aromatic heterocycles. The molecule has 88 valence electrons. The van der Waals surface area contributed by atoms with Gasteiger partial charge in [-0.3, -0.25) is 4.79 Å². The van der Waals surface area contributed by atoms with Crippen LogP contribution in [0.2, 0.25) is 0 Å². The molecule has 0 aromatic carbocycles. The molecule has 6 heteroatoms. The third-order valence-corrected chi connectivity index (χ3v) is 2.90. The van der Waals surface area contributed by atoms with Crippen LogP contribution in [-0.4, -0.2) is 52.3 Å². The highest BCUT2D eigenvalue weighted by Gasteiger charge is 2.25. The van der Waals surface area contributed by atoms with E-state index in [0.717, 1.165) is 26.1 Å². The molecule has 1 amide bonds. The number of nitrogens with one attached hydrogen (secondary N) is 1. The van der Waals surface area contributed by atoms with Crippen LogP contribution in [0.25, 0.3) is 0 Å². The Balaban J connectivity index is 1.83. The number of hydrogen-bond acceptors (Lipinski definition) is 4. The summed E-state index contributed by atoms with van der Waals surface area (Å²) in [7, 11) is 1.94. The summed E-state index contributed by atoms with van der Waals surface area (Å²) in [5, 5.41) is 7.08. The van der Waals surface area contributed by atoms with Gasteiger partial charge < -0.3 is 10.2 Å². The first-order valence-corrected chi connectivity index (χ1v) is 5.54. The molecule has 2 rings (SSSR count). The number of likely N-dealkylation sites (tertiary alicyclic amines) is 1. The largest absolute Gasteiger partial charge is 0.341 e. The molecule has 1 N–H and O–H groups in total. The smallest absolute Gasteiger partial charge is 0.244 e. The maximum atomic E-state index is 11.9. The zero-order valence-electron chi connectivity index (χ0n) is 9.46. The van der Waals surface area contributed by atoms with E-state index in [1.807, 2.05) is 11.9 Å². The van der Waals surface area contributed by atoms with Gasteiger partial charge in [-0.25, -0.2) is 9.67 Å². The predicted molar refractivity (Wildman–Crippen MR) is 58.6 cm³/mol. The normalized spacial score (nSPS) is 20.3. The topological polar surface area (TPSA) is 63.1 Å². The minimum atomic E-state index is 0.129. The first-order valence-electron chi connectivity index (χ1n) is 5.54. The summed E-state index contributed by atoms with van der Waals surface area (Å²) in [4.78, 5) is 17.6. The number of amides is 1. The van der Waals surface area contributed by atoms with Crippen molar-refractivity contribution in [3.05, 3.63) is 12.7 Å². The highest BCUT2D eigenvalue weighted by molar-refractivity contribution is 5.76. The third-order valence-electron chi connectivity index (χ3n) is 2.90. The third kappa shape index (κ3) is 2.57. The van der Waals surface area contributed by atoms with E-state index in [-0.39, 0.29) is 5.91 Å². The summed E-state index contributed by atoms with van der Waals surface area (Å²) in [6, 6.07) is 0. The summed E-state index contributed by atoms with van der Waals surface area (Å²) < 4.78 is 1.56. The lowest BCUT2D eigenvalue weighted by atomic mass is 10.1. The van der Waals surface area contributed by atoms with Crippen LogP contribution < -0.4 is 5.32 Å². The number of nitrogens with zero attached hydrogens (tertiary/aromatic N) is 4. The molecule has 1 aliphatic heterocycles. The van der Waals surface area contributed by atoms with Crippen LogP contribution in [0.15, 0.2) is 12.7 Å². The fourth-order valence-electron chi connectivity index (χ4n) is 2.07. The number of rotatable bonds is 4. The Morgan fingerprint density at radius 1 is 1.62 bits per heavy atom. The summed E-state index contributed by atoms with van der Waals surface area (Å²) in [6.07, 6.45) is 4.10. The van der Waals surface area contributed by atoms with Gasteiger partial charge >= 0.3 is 0 Å². The molecule has 1 saturated heterocycles. The van der Waals surface area contributed by atoms with Crippen LogP contribution in [0.3, 0.4) is 0 Å². The zero-order valence-corrected chi connectivity index (χ0v) is 9.46. The maximum absolute atomic E-state index is 11.9. The van der Waals surface area contributed by atoms with E-state index < -0.39 is 0 Å². The Hall–Kier alpha value is -1.43. The summed E-state index contributed by atoms with van der Waals surface area (Å²) in [5.41, 5.74) is 0. The molecule has 0 radical (unpaired) electrons. The maximum Gasteiger partial charge on any atom is 0.244 e.